The summed E-state index contributed by atoms with van der Waals surface area (Å²) in [6.45, 7) is 3.82. The standard InChI is InChI=1S/C22H21Br2N3O3/c1-10-6-7-11(2)27(10)25-20(28)12-4-3-5-13(8-12)26-21(29)16-14-9-15(17(16)22(26)30)19(24)18(14)23/h3-8,14-19H,9H2,1-2H3,(H,25,28)/t14-,15-,16-,17-,18+,19+/m1/s1. The third-order valence-corrected chi connectivity index (χ3v) is 10.0. The summed E-state index contributed by atoms with van der Waals surface area (Å²) >= 11 is 7.41. The molecule has 6 atom stereocenters. The predicted molar refractivity (Wildman–Crippen MR) is 121 cm³/mol. The number of imide groups is 1. The Hall–Kier alpha value is -1.93. The summed E-state index contributed by atoms with van der Waals surface area (Å²) in [6.07, 6.45) is 0.893. The number of nitrogens with zero attached hydrogens (tertiary/aromatic N) is 2. The highest BCUT2D eigenvalue weighted by molar-refractivity contribution is 9.12. The van der Waals surface area contributed by atoms with Crippen LogP contribution in [0.5, 0.6) is 0 Å². The summed E-state index contributed by atoms with van der Waals surface area (Å²) in [5, 5.41) is 0. The molecule has 3 aliphatic rings. The lowest BCUT2D eigenvalue weighted by atomic mass is 9.81. The zero-order chi connectivity index (χ0) is 21.3. The Morgan fingerprint density at radius 1 is 0.967 bits per heavy atom. The first-order valence-corrected chi connectivity index (χ1v) is 11.8. The van der Waals surface area contributed by atoms with E-state index in [2.05, 4.69) is 37.3 Å². The lowest BCUT2D eigenvalue weighted by molar-refractivity contribution is -0.123. The van der Waals surface area contributed by atoms with Crippen molar-refractivity contribution in [2.45, 2.75) is 29.9 Å². The number of aromatic nitrogens is 1. The molecule has 30 heavy (non-hydrogen) atoms. The molecule has 0 spiro atoms. The van der Waals surface area contributed by atoms with E-state index < -0.39 is 0 Å². The topological polar surface area (TPSA) is 71.4 Å². The van der Waals surface area contributed by atoms with Crippen molar-refractivity contribution in [3.63, 3.8) is 0 Å². The molecule has 6 nitrogen and oxygen atoms in total. The molecule has 8 heteroatoms. The van der Waals surface area contributed by atoms with E-state index in [1.165, 1.54) is 4.90 Å². The van der Waals surface area contributed by atoms with Crippen LogP contribution in [0.3, 0.4) is 0 Å². The number of fused-ring (bicyclic) bond motifs is 5. The SMILES string of the molecule is Cc1ccc(C)n1NC(=O)c1cccc(N2C(=O)[C@@H]3[C@H]4C[C@@H]([C@H](Br)[C@H]4Br)[C@H]3C2=O)c1. The Kier molecular flexibility index (Phi) is 4.70. The molecule has 0 radical (unpaired) electrons. The van der Waals surface area contributed by atoms with E-state index in [0.29, 0.717) is 11.3 Å². The summed E-state index contributed by atoms with van der Waals surface area (Å²) in [6, 6.07) is 10.6. The van der Waals surface area contributed by atoms with Crippen molar-refractivity contribution in [3.05, 3.63) is 53.3 Å². The molecule has 1 saturated heterocycles. The van der Waals surface area contributed by atoms with E-state index in [1.54, 1.807) is 28.9 Å². The number of carbonyl (C=O) groups excluding carboxylic acids is 3. The van der Waals surface area contributed by atoms with Gasteiger partial charge in [-0.15, -0.1) is 0 Å². The van der Waals surface area contributed by atoms with Crippen LogP contribution < -0.4 is 10.3 Å². The van der Waals surface area contributed by atoms with E-state index >= 15 is 0 Å². The van der Waals surface area contributed by atoms with E-state index in [1.807, 2.05) is 26.0 Å². The van der Waals surface area contributed by atoms with Gasteiger partial charge in [0.25, 0.3) is 5.91 Å². The second-order valence-corrected chi connectivity index (χ2v) is 10.6. The maximum Gasteiger partial charge on any atom is 0.270 e. The van der Waals surface area contributed by atoms with Gasteiger partial charge >= 0.3 is 0 Å². The van der Waals surface area contributed by atoms with Crippen LogP contribution in [0, 0.1) is 37.5 Å². The van der Waals surface area contributed by atoms with Gasteiger partial charge in [-0.1, -0.05) is 37.9 Å². The maximum atomic E-state index is 13.2. The molecule has 2 saturated carbocycles. The highest BCUT2D eigenvalue weighted by Gasteiger charge is 2.66. The first-order chi connectivity index (χ1) is 14.3. The molecule has 2 bridgehead atoms. The summed E-state index contributed by atoms with van der Waals surface area (Å²) in [7, 11) is 0. The number of rotatable bonds is 3. The summed E-state index contributed by atoms with van der Waals surface area (Å²) in [5.41, 5.74) is 5.56. The molecule has 2 heterocycles. The third kappa shape index (κ3) is 2.76. The van der Waals surface area contributed by atoms with Crippen LogP contribution in [-0.4, -0.2) is 32.1 Å². The summed E-state index contributed by atoms with van der Waals surface area (Å²) < 4.78 is 1.72. The highest BCUT2D eigenvalue weighted by atomic mass is 79.9. The average Bonchev–Trinajstić information content (AvgIpc) is 3.42. The van der Waals surface area contributed by atoms with Crippen LogP contribution in [0.25, 0.3) is 0 Å². The molecule has 0 unspecified atom stereocenters. The van der Waals surface area contributed by atoms with E-state index in [-0.39, 0.29) is 51.0 Å². The van der Waals surface area contributed by atoms with Crippen molar-refractivity contribution in [2.24, 2.45) is 23.7 Å². The van der Waals surface area contributed by atoms with Crippen molar-refractivity contribution < 1.29 is 14.4 Å². The van der Waals surface area contributed by atoms with Crippen molar-refractivity contribution in [1.82, 2.24) is 4.68 Å². The van der Waals surface area contributed by atoms with Gasteiger partial charge in [0.05, 0.1) is 17.5 Å². The van der Waals surface area contributed by atoms with E-state index in [0.717, 1.165) is 17.8 Å². The van der Waals surface area contributed by atoms with E-state index in [4.69, 9.17) is 0 Å². The van der Waals surface area contributed by atoms with Crippen LogP contribution >= 0.6 is 31.9 Å². The van der Waals surface area contributed by atoms with Gasteiger partial charge in [-0.25, -0.2) is 0 Å². The molecular weight excluding hydrogens is 514 g/mol. The minimum Gasteiger partial charge on any atom is -0.274 e. The lowest BCUT2D eigenvalue weighted by Gasteiger charge is -2.28. The monoisotopic (exact) mass is 533 g/mol. The van der Waals surface area contributed by atoms with Crippen molar-refractivity contribution in [2.75, 3.05) is 10.3 Å². The molecule has 5 rings (SSSR count). The van der Waals surface area contributed by atoms with Gasteiger partial charge in [0.1, 0.15) is 0 Å². The molecule has 156 valence electrons. The Labute approximate surface area is 191 Å². The number of anilines is 1. The van der Waals surface area contributed by atoms with Crippen LogP contribution in [0.1, 0.15) is 28.2 Å². The number of halogens is 2. The zero-order valence-corrected chi connectivity index (χ0v) is 19.7. The molecule has 2 aromatic rings. The van der Waals surface area contributed by atoms with Gasteiger partial charge in [-0.2, -0.15) is 0 Å². The van der Waals surface area contributed by atoms with Crippen LogP contribution in [0.4, 0.5) is 5.69 Å². The fourth-order valence-corrected chi connectivity index (χ4v) is 7.27. The zero-order valence-electron chi connectivity index (χ0n) is 16.5. The number of hydrogen-bond acceptors (Lipinski definition) is 3. The van der Waals surface area contributed by atoms with Crippen LogP contribution in [0.15, 0.2) is 36.4 Å². The van der Waals surface area contributed by atoms with Gasteiger partial charge in [-0.05, 0) is 62.4 Å². The smallest absolute Gasteiger partial charge is 0.270 e. The highest BCUT2D eigenvalue weighted by Crippen LogP contribution is 2.60. The molecule has 1 aromatic heterocycles. The third-order valence-electron chi connectivity index (χ3n) is 6.84. The van der Waals surface area contributed by atoms with Gasteiger partial charge in [-0.3, -0.25) is 29.4 Å². The second-order valence-electron chi connectivity index (χ2n) is 8.46. The Bertz CT molecular complexity index is 1030. The van der Waals surface area contributed by atoms with Crippen molar-refractivity contribution >= 4 is 55.3 Å². The molecule has 3 fully saturated rings. The molecule has 2 aliphatic carbocycles. The largest absolute Gasteiger partial charge is 0.274 e. The maximum absolute atomic E-state index is 13.2. The Morgan fingerprint density at radius 2 is 1.53 bits per heavy atom. The number of hydrogen-bond donors (Lipinski definition) is 1. The van der Waals surface area contributed by atoms with Gasteiger partial charge in [0.2, 0.25) is 11.8 Å². The number of nitrogens with one attached hydrogen (secondary N) is 1. The quantitative estimate of drug-likeness (QED) is 0.481. The Balaban J connectivity index is 1.43. The molecule has 1 aromatic carbocycles. The molecule has 1 N–H and O–H groups in total. The minimum atomic E-state index is -0.292. The lowest BCUT2D eigenvalue weighted by Crippen LogP contribution is -2.37. The first kappa shape index (κ1) is 20.0. The van der Waals surface area contributed by atoms with Gasteiger partial charge < -0.3 is 0 Å². The molecule has 3 amide bonds. The number of aryl methyl sites for hydroxylation is 2. The summed E-state index contributed by atoms with van der Waals surface area (Å²) in [5.74, 6) is -0.799. The van der Waals surface area contributed by atoms with Crippen molar-refractivity contribution in [1.29, 1.82) is 0 Å². The minimum absolute atomic E-state index is 0.143. The normalized spacial score (nSPS) is 32.1. The number of alkyl halides is 2. The Morgan fingerprint density at radius 3 is 2.10 bits per heavy atom. The number of benzene rings is 1. The van der Waals surface area contributed by atoms with Gasteiger partial charge in [0.15, 0.2) is 0 Å². The van der Waals surface area contributed by atoms with Crippen LogP contribution in [0.2, 0.25) is 0 Å². The number of carbonyl (C=O) groups is 3. The first-order valence-electron chi connectivity index (χ1n) is 10.0. The second kappa shape index (κ2) is 7.05. The molecular formula is C22H21Br2N3O3. The summed E-state index contributed by atoms with van der Waals surface area (Å²) in [4.78, 5) is 41.0. The van der Waals surface area contributed by atoms with Crippen molar-refractivity contribution in [3.8, 4) is 0 Å². The average molecular weight is 535 g/mol. The number of amides is 3. The predicted octanol–water partition coefficient (Wildman–Crippen LogP) is 3.77. The fraction of sp³-hybridized carbons (Fsp3) is 0.409. The van der Waals surface area contributed by atoms with Gasteiger partial charge in [0, 0.05) is 26.6 Å². The molecule has 1 aliphatic heterocycles. The fourth-order valence-electron chi connectivity index (χ4n) is 5.40. The van der Waals surface area contributed by atoms with Crippen LogP contribution in [-0.2, 0) is 9.59 Å². The van der Waals surface area contributed by atoms with E-state index in [9.17, 15) is 14.4 Å².